The molecule has 3 aromatic carbocycles. The summed E-state index contributed by atoms with van der Waals surface area (Å²) < 4.78 is 21.0. The van der Waals surface area contributed by atoms with Crippen molar-refractivity contribution in [2.75, 3.05) is 19.8 Å². The number of carbonyl (C=O) groups excluding carboxylic acids is 3. The SMILES string of the molecule is C=CC(=O)Oc1ccc(-c2ccc(C(=O)Oc3ccc(OCCCOC(=O)C(=C)CO)cc3)cc2)cc1. The van der Waals surface area contributed by atoms with Crippen LogP contribution in [0.15, 0.2) is 97.6 Å². The van der Waals surface area contributed by atoms with Crippen molar-refractivity contribution in [1.82, 2.24) is 0 Å². The summed E-state index contributed by atoms with van der Waals surface area (Å²) in [7, 11) is 0. The van der Waals surface area contributed by atoms with Crippen molar-refractivity contribution in [3.05, 3.63) is 103 Å². The van der Waals surface area contributed by atoms with Gasteiger partial charge >= 0.3 is 17.9 Å². The molecule has 0 aliphatic carbocycles. The van der Waals surface area contributed by atoms with Gasteiger partial charge in [-0.05, 0) is 59.7 Å². The predicted octanol–water partition coefficient (Wildman–Crippen LogP) is 4.52. The number of esters is 3. The van der Waals surface area contributed by atoms with Crippen LogP contribution in [0.25, 0.3) is 11.1 Å². The maximum Gasteiger partial charge on any atom is 0.343 e. The molecule has 0 atom stereocenters. The summed E-state index contributed by atoms with van der Waals surface area (Å²) in [6.07, 6.45) is 1.56. The molecule has 0 spiro atoms. The first-order chi connectivity index (χ1) is 17.9. The first-order valence-corrected chi connectivity index (χ1v) is 11.3. The smallest absolute Gasteiger partial charge is 0.343 e. The molecule has 0 fully saturated rings. The van der Waals surface area contributed by atoms with Gasteiger partial charge in [0.2, 0.25) is 0 Å². The fraction of sp³-hybridized carbons (Fsp3) is 0.138. The van der Waals surface area contributed by atoms with E-state index in [1.54, 1.807) is 60.7 Å². The van der Waals surface area contributed by atoms with Crippen LogP contribution in [0.1, 0.15) is 16.8 Å². The van der Waals surface area contributed by atoms with Crippen molar-refractivity contribution < 1.29 is 38.4 Å². The molecule has 37 heavy (non-hydrogen) atoms. The predicted molar refractivity (Wildman–Crippen MR) is 136 cm³/mol. The van der Waals surface area contributed by atoms with Crippen molar-refractivity contribution in [2.24, 2.45) is 0 Å². The Bertz CT molecular complexity index is 1240. The maximum atomic E-state index is 12.5. The largest absolute Gasteiger partial charge is 0.493 e. The highest BCUT2D eigenvalue weighted by Gasteiger charge is 2.10. The van der Waals surface area contributed by atoms with Gasteiger partial charge in [-0.3, -0.25) is 0 Å². The zero-order chi connectivity index (χ0) is 26.6. The van der Waals surface area contributed by atoms with E-state index in [2.05, 4.69) is 13.2 Å². The van der Waals surface area contributed by atoms with Gasteiger partial charge in [0, 0.05) is 12.5 Å². The van der Waals surface area contributed by atoms with Gasteiger partial charge < -0.3 is 24.1 Å². The third-order valence-corrected chi connectivity index (χ3v) is 5.00. The summed E-state index contributed by atoms with van der Waals surface area (Å²) in [6.45, 7) is 6.77. The number of ether oxygens (including phenoxy) is 4. The zero-order valence-corrected chi connectivity index (χ0v) is 20.1. The second-order valence-electron chi connectivity index (χ2n) is 7.69. The average molecular weight is 503 g/mol. The molecule has 1 N–H and O–H groups in total. The lowest BCUT2D eigenvalue weighted by Gasteiger charge is -2.09. The Morgan fingerprint density at radius 2 is 1.30 bits per heavy atom. The Morgan fingerprint density at radius 1 is 0.757 bits per heavy atom. The lowest BCUT2D eigenvalue weighted by atomic mass is 10.0. The van der Waals surface area contributed by atoms with Crippen LogP contribution in [-0.2, 0) is 14.3 Å². The maximum absolute atomic E-state index is 12.5. The van der Waals surface area contributed by atoms with Crippen molar-refractivity contribution in [3.8, 4) is 28.4 Å². The third kappa shape index (κ3) is 8.19. The second-order valence-corrected chi connectivity index (χ2v) is 7.69. The summed E-state index contributed by atoms with van der Waals surface area (Å²) in [5.74, 6) is -0.316. The van der Waals surface area contributed by atoms with E-state index in [1.165, 1.54) is 0 Å². The quantitative estimate of drug-likeness (QED) is 0.167. The van der Waals surface area contributed by atoms with E-state index in [1.807, 2.05) is 12.1 Å². The molecule has 8 nitrogen and oxygen atoms in total. The van der Waals surface area contributed by atoms with E-state index in [-0.39, 0.29) is 12.2 Å². The van der Waals surface area contributed by atoms with Crippen LogP contribution < -0.4 is 14.2 Å². The Morgan fingerprint density at radius 3 is 1.89 bits per heavy atom. The van der Waals surface area contributed by atoms with Gasteiger partial charge in [-0.25, -0.2) is 14.4 Å². The molecular weight excluding hydrogens is 476 g/mol. The fourth-order valence-corrected chi connectivity index (χ4v) is 3.02. The minimum absolute atomic E-state index is 0.00184. The van der Waals surface area contributed by atoms with E-state index in [0.29, 0.717) is 35.8 Å². The first-order valence-electron chi connectivity index (χ1n) is 11.3. The molecular formula is C29H26O8. The number of hydrogen-bond donors (Lipinski definition) is 1. The van der Waals surface area contributed by atoms with Gasteiger partial charge in [0.05, 0.1) is 31.0 Å². The van der Waals surface area contributed by atoms with E-state index >= 15 is 0 Å². The number of benzene rings is 3. The molecule has 3 aromatic rings. The highest BCUT2D eigenvalue weighted by Crippen LogP contribution is 2.24. The van der Waals surface area contributed by atoms with E-state index in [9.17, 15) is 14.4 Å². The van der Waals surface area contributed by atoms with Crippen LogP contribution in [0, 0.1) is 0 Å². The van der Waals surface area contributed by atoms with Crippen LogP contribution in [-0.4, -0.2) is 42.8 Å². The van der Waals surface area contributed by atoms with Gasteiger partial charge in [-0.15, -0.1) is 0 Å². The second kappa shape index (κ2) is 13.4. The molecule has 0 saturated heterocycles. The van der Waals surface area contributed by atoms with Gasteiger partial charge in [-0.1, -0.05) is 37.4 Å². The molecule has 0 unspecified atom stereocenters. The normalized spacial score (nSPS) is 10.2. The molecule has 3 rings (SSSR count). The van der Waals surface area contributed by atoms with E-state index in [4.69, 9.17) is 24.1 Å². The molecule has 0 heterocycles. The van der Waals surface area contributed by atoms with Crippen molar-refractivity contribution >= 4 is 17.9 Å². The summed E-state index contributed by atoms with van der Waals surface area (Å²) in [4.78, 5) is 35.2. The van der Waals surface area contributed by atoms with Gasteiger partial charge in [0.15, 0.2) is 0 Å². The van der Waals surface area contributed by atoms with E-state index in [0.717, 1.165) is 17.2 Å². The lowest BCUT2D eigenvalue weighted by molar-refractivity contribution is -0.139. The Kier molecular flexibility index (Phi) is 9.75. The summed E-state index contributed by atoms with van der Waals surface area (Å²) in [5.41, 5.74) is 2.16. The number of aliphatic hydroxyl groups is 1. The van der Waals surface area contributed by atoms with Crippen LogP contribution in [0.5, 0.6) is 17.2 Å². The van der Waals surface area contributed by atoms with Crippen molar-refractivity contribution in [1.29, 1.82) is 0 Å². The van der Waals surface area contributed by atoms with Gasteiger partial charge in [0.1, 0.15) is 17.2 Å². The minimum Gasteiger partial charge on any atom is -0.493 e. The third-order valence-electron chi connectivity index (χ3n) is 5.00. The van der Waals surface area contributed by atoms with Gasteiger partial charge in [-0.2, -0.15) is 0 Å². The van der Waals surface area contributed by atoms with E-state index < -0.39 is 24.5 Å². The summed E-state index contributed by atoms with van der Waals surface area (Å²) in [6, 6.07) is 20.5. The molecule has 8 heteroatoms. The molecule has 0 radical (unpaired) electrons. The fourth-order valence-electron chi connectivity index (χ4n) is 3.02. The number of carbonyl (C=O) groups is 3. The highest BCUT2D eigenvalue weighted by molar-refractivity contribution is 5.91. The molecule has 0 aromatic heterocycles. The average Bonchev–Trinajstić information content (AvgIpc) is 2.93. The highest BCUT2D eigenvalue weighted by atomic mass is 16.5. The van der Waals surface area contributed by atoms with Crippen LogP contribution in [0.3, 0.4) is 0 Å². The molecule has 190 valence electrons. The molecule has 0 aliphatic heterocycles. The molecule has 0 bridgehead atoms. The molecule has 0 amide bonds. The summed E-state index contributed by atoms with van der Waals surface area (Å²) >= 11 is 0. The number of hydrogen-bond acceptors (Lipinski definition) is 8. The van der Waals surface area contributed by atoms with Crippen molar-refractivity contribution in [2.45, 2.75) is 6.42 Å². The van der Waals surface area contributed by atoms with Gasteiger partial charge in [0.25, 0.3) is 0 Å². The Labute approximate surface area is 214 Å². The first kappa shape index (κ1) is 26.9. The monoisotopic (exact) mass is 502 g/mol. The standard InChI is InChI=1S/C29H26O8/c1-3-27(31)36-25-11-9-22(10-12-25)21-5-7-23(8-6-21)29(33)37-26-15-13-24(14-16-26)34-17-4-18-35-28(32)20(2)19-30/h3,5-16,30H,1-2,4,17-19H2. The molecule has 0 aliphatic rings. The lowest BCUT2D eigenvalue weighted by Crippen LogP contribution is -2.12. The van der Waals surface area contributed by atoms with Crippen molar-refractivity contribution in [3.63, 3.8) is 0 Å². The Balaban J connectivity index is 1.47. The number of rotatable bonds is 12. The Hall–Kier alpha value is -4.69. The van der Waals surface area contributed by atoms with Crippen LogP contribution in [0.2, 0.25) is 0 Å². The zero-order valence-electron chi connectivity index (χ0n) is 20.1. The van der Waals surface area contributed by atoms with Crippen LogP contribution in [0.4, 0.5) is 0 Å². The molecule has 0 saturated carbocycles. The summed E-state index contributed by atoms with van der Waals surface area (Å²) in [5, 5.41) is 8.82. The minimum atomic E-state index is -0.634. The van der Waals surface area contributed by atoms with Crippen LogP contribution >= 0.6 is 0 Å². The topological polar surface area (TPSA) is 108 Å². The number of aliphatic hydroxyl groups excluding tert-OH is 1.